The quantitative estimate of drug-likeness (QED) is 0.444. The van der Waals surface area contributed by atoms with Gasteiger partial charge in [0.15, 0.2) is 0 Å². The van der Waals surface area contributed by atoms with Crippen LogP contribution in [-0.4, -0.2) is 31.9 Å². The number of piperidine rings is 1. The molecule has 1 N–H and O–H groups in total. The van der Waals surface area contributed by atoms with Gasteiger partial charge in [-0.3, -0.25) is 9.36 Å². The maximum absolute atomic E-state index is 13.0. The van der Waals surface area contributed by atoms with Gasteiger partial charge in [-0.25, -0.2) is 4.98 Å². The van der Waals surface area contributed by atoms with Crippen molar-refractivity contribution in [3.05, 3.63) is 54.5 Å². The summed E-state index contributed by atoms with van der Waals surface area (Å²) in [5, 5.41) is 0.708. The Bertz CT molecular complexity index is 1050. The maximum atomic E-state index is 13.0. The van der Waals surface area contributed by atoms with Crippen LogP contribution in [0.3, 0.4) is 0 Å². The molecule has 0 amide bonds. The average molecular weight is 575 g/mol. The minimum absolute atomic E-state index is 0.0168. The summed E-state index contributed by atoms with van der Waals surface area (Å²) in [6.07, 6.45) is 4.42. The Morgan fingerprint density at radius 2 is 2.00 bits per heavy atom. The smallest absolute Gasteiger partial charge is 0.268 e. The van der Waals surface area contributed by atoms with Crippen LogP contribution in [0, 0.1) is 8.99 Å². The number of benzene rings is 1. The fourth-order valence-corrected chi connectivity index (χ4v) is 6.32. The van der Waals surface area contributed by atoms with Gasteiger partial charge in [0.05, 0.1) is 9.61 Å². The lowest BCUT2D eigenvalue weighted by Gasteiger charge is -2.44. The van der Waals surface area contributed by atoms with E-state index in [1.807, 2.05) is 55.5 Å². The molecule has 1 spiro atoms. The van der Waals surface area contributed by atoms with Crippen LogP contribution in [-0.2, 0) is 24.8 Å². The predicted molar refractivity (Wildman–Crippen MR) is 135 cm³/mol. The van der Waals surface area contributed by atoms with Gasteiger partial charge in [-0.2, -0.15) is 0 Å². The topological polar surface area (TPSA) is 73.2 Å². The second-order valence-corrected chi connectivity index (χ2v) is 13.2. The van der Waals surface area contributed by atoms with E-state index in [0.717, 1.165) is 32.4 Å². The molecule has 2 heterocycles. The molecule has 2 aliphatic rings. The van der Waals surface area contributed by atoms with E-state index >= 15 is 0 Å². The molecule has 6 nitrogen and oxygen atoms in total. The van der Waals surface area contributed by atoms with Crippen molar-refractivity contribution >= 4 is 51.5 Å². The Labute approximate surface area is 205 Å². The lowest BCUT2D eigenvalue weighted by atomic mass is 9.73. The van der Waals surface area contributed by atoms with E-state index in [4.69, 9.17) is 11.6 Å². The third-order valence-electron chi connectivity index (χ3n) is 6.50. The normalized spacial score (nSPS) is 21.4. The lowest BCUT2D eigenvalue weighted by Crippen LogP contribution is -2.50. The van der Waals surface area contributed by atoms with Gasteiger partial charge in [0.2, 0.25) is 5.95 Å². The van der Waals surface area contributed by atoms with Crippen LogP contribution < -0.4 is 15.2 Å². The predicted octanol–water partition coefficient (Wildman–Crippen LogP) is 3.97. The highest BCUT2D eigenvalue weighted by Crippen LogP contribution is 2.53. The van der Waals surface area contributed by atoms with Crippen molar-refractivity contribution in [2.75, 3.05) is 18.0 Å². The highest BCUT2D eigenvalue weighted by atomic mass is 127. The molecule has 1 aromatic heterocycles. The first-order chi connectivity index (χ1) is 14.5. The molecule has 1 unspecified atom stereocenters. The Balaban J connectivity index is 1.62. The van der Waals surface area contributed by atoms with E-state index in [1.54, 1.807) is 17.8 Å². The fourth-order valence-electron chi connectivity index (χ4n) is 4.70. The lowest BCUT2D eigenvalue weighted by molar-refractivity contribution is 0.175. The molecule has 1 fully saturated rings. The Morgan fingerprint density at radius 1 is 1.32 bits per heavy atom. The largest absolute Gasteiger partial charge is 0.598 e. The van der Waals surface area contributed by atoms with Crippen LogP contribution in [0.2, 0.25) is 5.02 Å². The molecule has 0 radical (unpaired) electrons. The summed E-state index contributed by atoms with van der Waals surface area (Å²) >= 11 is 7.17. The van der Waals surface area contributed by atoms with Crippen molar-refractivity contribution in [2.45, 2.75) is 50.8 Å². The molecule has 31 heavy (non-hydrogen) atoms. The van der Waals surface area contributed by atoms with E-state index in [9.17, 15) is 9.35 Å². The number of anilines is 1. The van der Waals surface area contributed by atoms with Crippen LogP contribution >= 0.6 is 34.2 Å². The minimum atomic E-state index is -1.19. The highest BCUT2D eigenvalue weighted by Gasteiger charge is 2.50. The van der Waals surface area contributed by atoms with E-state index in [-0.39, 0.29) is 21.8 Å². The Kier molecular flexibility index (Phi) is 6.42. The van der Waals surface area contributed by atoms with Gasteiger partial charge in [0.25, 0.3) is 5.56 Å². The van der Waals surface area contributed by atoms with Gasteiger partial charge >= 0.3 is 0 Å². The van der Waals surface area contributed by atoms with E-state index in [0.29, 0.717) is 14.5 Å². The molecule has 2 atom stereocenters. The van der Waals surface area contributed by atoms with Gasteiger partial charge in [0.1, 0.15) is 4.75 Å². The molecule has 9 heteroatoms. The molecular formula is C22H28ClIN4O2S. The number of aromatic nitrogens is 2. The van der Waals surface area contributed by atoms with Crippen molar-refractivity contribution in [1.82, 2.24) is 14.3 Å². The SMILES string of the molecule is Cn1c(N2CCC3(CC2)Cc2ccc(Cl)cc2[C@H]3N[S+]([O-])C(C)(C)C)ncc(I)c1=O. The van der Waals surface area contributed by atoms with E-state index in [1.165, 1.54) is 11.1 Å². The first-order valence-electron chi connectivity index (χ1n) is 10.4. The number of fused-ring (bicyclic) bond motifs is 1. The van der Waals surface area contributed by atoms with Crippen LogP contribution in [0.5, 0.6) is 0 Å². The number of hydrogen-bond donors (Lipinski definition) is 1. The van der Waals surface area contributed by atoms with Crippen LogP contribution in [0.15, 0.2) is 29.2 Å². The van der Waals surface area contributed by atoms with E-state index in [2.05, 4.69) is 20.7 Å². The summed E-state index contributed by atoms with van der Waals surface area (Å²) < 4.78 is 18.4. The first-order valence-corrected chi connectivity index (χ1v) is 13.1. The molecule has 1 aliphatic heterocycles. The number of rotatable bonds is 3. The van der Waals surface area contributed by atoms with Gasteiger partial charge in [0, 0.05) is 48.1 Å². The molecule has 1 aliphatic carbocycles. The zero-order valence-corrected chi connectivity index (χ0v) is 22.0. The number of halogens is 2. The first kappa shape index (κ1) is 23.4. The Morgan fingerprint density at radius 3 is 2.65 bits per heavy atom. The fraction of sp³-hybridized carbons (Fsp3) is 0.545. The minimum Gasteiger partial charge on any atom is -0.598 e. The number of hydrogen-bond acceptors (Lipinski definition) is 5. The second kappa shape index (κ2) is 8.52. The molecule has 2 aromatic rings. The molecule has 1 saturated heterocycles. The molecule has 0 bridgehead atoms. The molecule has 168 valence electrons. The third kappa shape index (κ3) is 4.38. The van der Waals surface area contributed by atoms with Crippen molar-refractivity contribution in [3.8, 4) is 0 Å². The molecule has 4 rings (SSSR count). The standard InChI is InChI=1S/C22H28ClIN4O2S/c1-21(2,3)31(30)26-18-16-11-15(23)6-5-14(16)12-22(18)7-9-28(10-8-22)20-25-13-17(24)19(29)27(20)4/h5-6,11,13,18,26H,7-10,12H2,1-4H3/t18-,31?/m1/s1. The summed E-state index contributed by atoms with van der Waals surface area (Å²) in [6.45, 7) is 7.55. The van der Waals surface area contributed by atoms with Crippen LogP contribution in [0.1, 0.15) is 50.8 Å². The van der Waals surface area contributed by atoms with Crippen molar-refractivity contribution in [1.29, 1.82) is 0 Å². The average Bonchev–Trinajstić information content (AvgIpc) is 2.99. The molecule has 0 saturated carbocycles. The van der Waals surface area contributed by atoms with Gasteiger partial charge in [-0.1, -0.05) is 17.7 Å². The summed E-state index contributed by atoms with van der Waals surface area (Å²) in [7, 11) is 1.78. The zero-order valence-electron chi connectivity index (χ0n) is 18.2. The van der Waals surface area contributed by atoms with Crippen LogP contribution in [0.25, 0.3) is 0 Å². The zero-order chi connectivity index (χ0) is 22.6. The summed E-state index contributed by atoms with van der Waals surface area (Å²) in [4.78, 5) is 19.1. The maximum Gasteiger partial charge on any atom is 0.268 e. The van der Waals surface area contributed by atoms with Gasteiger partial charge < -0.3 is 9.45 Å². The number of nitrogens with zero attached hydrogens (tertiary/aromatic N) is 3. The summed E-state index contributed by atoms with van der Waals surface area (Å²) in [6, 6.07) is 6.06. The molecule has 1 aromatic carbocycles. The summed E-state index contributed by atoms with van der Waals surface area (Å²) in [5.74, 6) is 0.710. The second-order valence-electron chi connectivity index (χ2n) is 9.57. The third-order valence-corrected chi connectivity index (χ3v) is 9.04. The van der Waals surface area contributed by atoms with Crippen molar-refractivity contribution in [3.63, 3.8) is 0 Å². The summed E-state index contributed by atoms with van der Waals surface area (Å²) in [5.41, 5.74) is 2.39. The highest BCUT2D eigenvalue weighted by molar-refractivity contribution is 14.1. The van der Waals surface area contributed by atoms with Gasteiger partial charge in [-0.05, 0) is 85.9 Å². The molecular weight excluding hydrogens is 547 g/mol. The van der Waals surface area contributed by atoms with Crippen LogP contribution in [0.4, 0.5) is 5.95 Å². The van der Waals surface area contributed by atoms with Gasteiger partial charge in [-0.15, -0.1) is 4.72 Å². The number of nitrogens with one attached hydrogen (secondary N) is 1. The van der Waals surface area contributed by atoms with Crippen molar-refractivity contribution < 1.29 is 4.55 Å². The van der Waals surface area contributed by atoms with Crippen molar-refractivity contribution in [2.24, 2.45) is 12.5 Å². The monoisotopic (exact) mass is 574 g/mol. The Hall–Kier alpha value is -0.810. The van der Waals surface area contributed by atoms with E-state index < -0.39 is 11.4 Å².